The number of rotatable bonds is 2. The summed E-state index contributed by atoms with van der Waals surface area (Å²) in [6.45, 7) is 0. The standard InChI is InChI=1S/C10H15NO3/c1-14-10(13)7-4-5-8(6-2-3-6)11-9(7)12/h6-8H,2-5H2,1H3,(H,11,12). The van der Waals surface area contributed by atoms with Gasteiger partial charge in [0.2, 0.25) is 5.91 Å². The molecule has 4 heteroatoms. The molecule has 1 saturated heterocycles. The molecule has 1 heterocycles. The van der Waals surface area contributed by atoms with Gasteiger partial charge < -0.3 is 10.1 Å². The summed E-state index contributed by atoms with van der Waals surface area (Å²) >= 11 is 0. The lowest BCUT2D eigenvalue weighted by molar-refractivity contribution is -0.151. The second kappa shape index (κ2) is 3.59. The van der Waals surface area contributed by atoms with Crippen LogP contribution in [0.5, 0.6) is 0 Å². The lowest BCUT2D eigenvalue weighted by Crippen LogP contribution is -2.47. The minimum atomic E-state index is -0.574. The van der Waals surface area contributed by atoms with Crippen molar-refractivity contribution < 1.29 is 14.3 Å². The molecule has 0 aromatic heterocycles. The maximum Gasteiger partial charge on any atom is 0.318 e. The first-order valence-corrected chi connectivity index (χ1v) is 5.10. The van der Waals surface area contributed by atoms with Crippen LogP contribution in [-0.4, -0.2) is 25.0 Å². The van der Waals surface area contributed by atoms with Crippen LogP contribution in [0.2, 0.25) is 0 Å². The van der Waals surface area contributed by atoms with Crippen LogP contribution in [0, 0.1) is 11.8 Å². The fourth-order valence-corrected chi connectivity index (χ4v) is 2.05. The molecular weight excluding hydrogens is 182 g/mol. The third-order valence-electron chi connectivity index (χ3n) is 3.09. The van der Waals surface area contributed by atoms with Gasteiger partial charge in [0.15, 0.2) is 0 Å². The molecule has 1 aliphatic carbocycles. The van der Waals surface area contributed by atoms with E-state index < -0.39 is 11.9 Å². The normalized spacial score (nSPS) is 32.2. The topological polar surface area (TPSA) is 55.4 Å². The zero-order valence-electron chi connectivity index (χ0n) is 8.29. The van der Waals surface area contributed by atoms with Gasteiger partial charge in [-0.3, -0.25) is 9.59 Å². The summed E-state index contributed by atoms with van der Waals surface area (Å²) in [7, 11) is 1.32. The van der Waals surface area contributed by atoms with Gasteiger partial charge in [0.25, 0.3) is 0 Å². The number of ether oxygens (including phenoxy) is 1. The highest BCUT2D eigenvalue weighted by molar-refractivity contribution is 5.98. The number of nitrogens with one attached hydrogen (secondary N) is 1. The number of carbonyl (C=O) groups excluding carboxylic acids is 2. The Labute approximate surface area is 83.0 Å². The van der Waals surface area contributed by atoms with Crippen molar-refractivity contribution in [2.75, 3.05) is 7.11 Å². The van der Waals surface area contributed by atoms with Gasteiger partial charge in [0, 0.05) is 6.04 Å². The Morgan fingerprint density at radius 3 is 2.57 bits per heavy atom. The molecule has 1 saturated carbocycles. The first kappa shape index (κ1) is 9.49. The Balaban J connectivity index is 1.92. The average Bonchev–Trinajstić information content (AvgIpc) is 3.00. The van der Waals surface area contributed by atoms with E-state index in [1.54, 1.807) is 0 Å². The lowest BCUT2D eigenvalue weighted by Gasteiger charge is -2.27. The molecule has 0 aromatic rings. The van der Waals surface area contributed by atoms with Crippen LogP contribution in [0.25, 0.3) is 0 Å². The maximum atomic E-state index is 11.5. The molecule has 1 aliphatic heterocycles. The fraction of sp³-hybridized carbons (Fsp3) is 0.800. The van der Waals surface area contributed by atoms with Gasteiger partial charge in [-0.05, 0) is 31.6 Å². The van der Waals surface area contributed by atoms with Crippen LogP contribution < -0.4 is 5.32 Å². The molecule has 1 amide bonds. The summed E-state index contributed by atoms with van der Waals surface area (Å²) in [6, 6.07) is 0.309. The minimum Gasteiger partial charge on any atom is -0.468 e. The van der Waals surface area contributed by atoms with Gasteiger partial charge in [-0.15, -0.1) is 0 Å². The highest BCUT2D eigenvalue weighted by Gasteiger charge is 2.40. The molecule has 0 aromatic carbocycles. The molecule has 78 valence electrons. The second-order valence-corrected chi connectivity index (χ2v) is 4.11. The van der Waals surface area contributed by atoms with Gasteiger partial charge >= 0.3 is 5.97 Å². The van der Waals surface area contributed by atoms with E-state index in [-0.39, 0.29) is 5.91 Å². The third kappa shape index (κ3) is 1.74. The lowest BCUT2D eigenvalue weighted by atomic mass is 9.92. The summed E-state index contributed by atoms with van der Waals surface area (Å²) in [5, 5.41) is 2.90. The van der Waals surface area contributed by atoms with Crippen molar-refractivity contribution >= 4 is 11.9 Å². The second-order valence-electron chi connectivity index (χ2n) is 4.11. The quantitative estimate of drug-likeness (QED) is 0.517. The van der Waals surface area contributed by atoms with E-state index in [1.807, 2.05) is 0 Å². The third-order valence-corrected chi connectivity index (χ3v) is 3.09. The van der Waals surface area contributed by atoms with E-state index in [4.69, 9.17) is 0 Å². The summed E-state index contributed by atoms with van der Waals surface area (Å²) in [5.74, 6) is -0.468. The number of methoxy groups -OCH3 is 1. The first-order chi connectivity index (χ1) is 6.72. The predicted molar refractivity (Wildman–Crippen MR) is 49.4 cm³/mol. The molecule has 2 aliphatic rings. The molecule has 0 spiro atoms. The molecular formula is C10H15NO3. The molecule has 2 unspecified atom stereocenters. The van der Waals surface area contributed by atoms with Crippen LogP contribution in [-0.2, 0) is 14.3 Å². The van der Waals surface area contributed by atoms with E-state index in [9.17, 15) is 9.59 Å². The molecule has 4 nitrogen and oxygen atoms in total. The Morgan fingerprint density at radius 1 is 1.36 bits per heavy atom. The van der Waals surface area contributed by atoms with E-state index in [2.05, 4.69) is 10.1 Å². The number of carbonyl (C=O) groups is 2. The predicted octanol–water partition coefficient (Wildman–Crippen LogP) is 0.464. The van der Waals surface area contributed by atoms with Crippen molar-refractivity contribution in [3.63, 3.8) is 0 Å². The zero-order valence-corrected chi connectivity index (χ0v) is 8.29. The number of hydrogen-bond acceptors (Lipinski definition) is 3. The largest absolute Gasteiger partial charge is 0.468 e. The van der Waals surface area contributed by atoms with Crippen molar-refractivity contribution in [3.8, 4) is 0 Å². The monoisotopic (exact) mass is 197 g/mol. The van der Waals surface area contributed by atoms with Crippen molar-refractivity contribution in [1.29, 1.82) is 0 Å². The average molecular weight is 197 g/mol. The van der Waals surface area contributed by atoms with Crippen LogP contribution >= 0.6 is 0 Å². The van der Waals surface area contributed by atoms with Crippen LogP contribution in [0.3, 0.4) is 0 Å². The van der Waals surface area contributed by atoms with Crippen molar-refractivity contribution in [1.82, 2.24) is 5.32 Å². The van der Waals surface area contributed by atoms with Gasteiger partial charge in [-0.2, -0.15) is 0 Å². The van der Waals surface area contributed by atoms with E-state index in [0.717, 1.165) is 6.42 Å². The van der Waals surface area contributed by atoms with Gasteiger partial charge in [0.1, 0.15) is 5.92 Å². The van der Waals surface area contributed by atoms with E-state index in [0.29, 0.717) is 18.4 Å². The molecule has 14 heavy (non-hydrogen) atoms. The van der Waals surface area contributed by atoms with Crippen molar-refractivity contribution in [2.24, 2.45) is 11.8 Å². The molecule has 2 rings (SSSR count). The van der Waals surface area contributed by atoms with Crippen molar-refractivity contribution in [2.45, 2.75) is 31.7 Å². The van der Waals surface area contributed by atoms with Crippen molar-refractivity contribution in [3.05, 3.63) is 0 Å². The van der Waals surface area contributed by atoms with E-state index >= 15 is 0 Å². The Kier molecular flexibility index (Phi) is 2.44. The fourth-order valence-electron chi connectivity index (χ4n) is 2.05. The molecule has 1 N–H and O–H groups in total. The number of piperidine rings is 1. The summed E-state index contributed by atoms with van der Waals surface area (Å²) in [4.78, 5) is 22.7. The molecule has 2 atom stereocenters. The number of esters is 1. The Morgan fingerprint density at radius 2 is 2.07 bits per heavy atom. The van der Waals surface area contributed by atoms with Gasteiger partial charge in [-0.1, -0.05) is 0 Å². The number of amides is 1. The number of hydrogen-bond donors (Lipinski definition) is 1. The van der Waals surface area contributed by atoms with Gasteiger partial charge in [0.05, 0.1) is 7.11 Å². The molecule has 2 fully saturated rings. The Hall–Kier alpha value is -1.06. The van der Waals surface area contributed by atoms with E-state index in [1.165, 1.54) is 20.0 Å². The molecule has 0 bridgehead atoms. The molecule has 0 radical (unpaired) electrons. The smallest absolute Gasteiger partial charge is 0.318 e. The Bertz CT molecular complexity index is 260. The summed E-state index contributed by atoms with van der Waals surface area (Å²) in [6.07, 6.45) is 3.98. The summed E-state index contributed by atoms with van der Waals surface area (Å²) in [5.41, 5.74) is 0. The minimum absolute atomic E-state index is 0.153. The highest BCUT2D eigenvalue weighted by Crippen LogP contribution is 2.36. The highest BCUT2D eigenvalue weighted by atomic mass is 16.5. The SMILES string of the molecule is COC(=O)C1CCC(C2CC2)NC1=O. The van der Waals surface area contributed by atoms with Crippen LogP contribution in [0.1, 0.15) is 25.7 Å². The van der Waals surface area contributed by atoms with Gasteiger partial charge in [-0.25, -0.2) is 0 Å². The van der Waals surface area contributed by atoms with Crippen LogP contribution in [0.4, 0.5) is 0 Å². The first-order valence-electron chi connectivity index (χ1n) is 5.10. The maximum absolute atomic E-state index is 11.5. The van der Waals surface area contributed by atoms with Crippen LogP contribution in [0.15, 0.2) is 0 Å². The zero-order chi connectivity index (χ0) is 10.1. The summed E-state index contributed by atoms with van der Waals surface area (Å²) < 4.78 is 4.57.